The highest BCUT2D eigenvalue weighted by molar-refractivity contribution is 14.1. The van der Waals surface area contributed by atoms with E-state index in [4.69, 9.17) is 9.47 Å². The number of hydrogen-bond donors (Lipinski definition) is 1. The van der Waals surface area contributed by atoms with E-state index < -0.39 is 5.60 Å². The maximum Gasteiger partial charge on any atom is 0.252 e. The lowest BCUT2D eigenvalue weighted by Crippen LogP contribution is -2.45. The summed E-state index contributed by atoms with van der Waals surface area (Å²) in [6.07, 6.45) is 0.754. The number of carbonyl (C=O) groups is 1. The van der Waals surface area contributed by atoms with Crippen molar-refractivity contribution in [2.24, 2.45) is 0 Å². The maximum absolute atomic E-state index is 13.0. The minimum atomic E-state index is -0.443. The predicted octanol–water partition coefficient (Wildman–Crippen LogP) is 1.97. The molecule has 1 saturated heterocycles. The zero-order valence-corrected chi connectivity index (χ0v) is 12.7. The molecule has 19 heavy (non-hydrogen) atoms. The summed E-state index contributed by atoms with van der Waals surface area (Å²) in [7, 11) is 1.61. The van der Waals surface area contributed by atoms with Crippen LogP contribution in [0, 0.1) is 9.39 Å². The van der Waals surface area contributed by atoms with Crippen LogP contribution >= 0.6 is 22.6 Å². The van der Waals surface area contributed by atoms with Crippen LogP contribution < -0.4 is 5.32 Å². The molecular weight excluding hydrogens is 364 g/mol. The Labute approximate surface area is 124 Å². The summed E-state index contributed by atoms with van der Waals surface area (Å²) in [5.41, 5.74) is 0.0216. The number of nitrogens with one attached hydrogen (secondary N) is 1. The predicted molar refractivity (Wildman–Crippen MR) is 76.6 cm³/mol. The number of hydrogen-bond acceptors (Lipinski definition) is 3. The van der Waals surface area contributed by atoms with Crippen LogP contribution in [0.15, 0.2) is 18.2 Å². The molecule has 1 aromatic carbocycles. The fraction of sp³-hybridized carbons (Fsp3) is 0.462. The minimum Gasteiger partial charge on any atom is -0.378 e. The Morgan fingerprint density at radius 1 is 1.63 bits per heavy atom. The standard InChI is InChI=1S/C13H15FINO3/c1-18-13(4-5-19-8-13)7-16-12(17)10-3-2-9(14)6-11(10)15/h2-3,6H,4-5,7-8H2,1H3,(H,16,17). The monoisotopic (exact) mass is 379 g/mol. The van der Waals surface area contributed by atoms with Gasteiger partial charge in [-0.2, -0.15) is 0 Å². The first-order valence-corrected chi connectivity index (χ1v) is 7.00. The summed E-state index contributed by atoms with van der Waals surface area (Å²) in [6.45, 7) is 1.50. The molecule has 4 nitrogen and oxygen atoms in total. The van der Waals surface area contributed by atoms with Crippen LogP contribution in [-0.4, -0.2) is 38.4 Å². The van der Waals surface area contributed by atoms with Crippen molar-refractivity contribution in [3.63, 3.8) is 0 Å². The van der Waals surface area contributed by atoms with Gasteiger partial charge in [0.05, 0.1) is 12.2 Å². The SMILES string of the molecule is COC1(CNC(=O)c2ccc(F)cc2I)CCOC1. The quantitative estimate of drug-likeness (QED) is 0.814. The molecule has 104 valence electrons. The van der Waals surface area contributed by atoms with Gasteiger partial charge in [0.2, 0.25) is 0 Å². The highest BCUT2D eigenvalue weighted by Gasteiger charge is 2.35. The molecule has 1 heterocycles. The number of benzene rings is 1. The van der Waals surface area contributed by atoms with E-state index in [1.54, 1.807) is 7.11 Å². The summed E-state index contributed by atoms with van der Waals surface area (Å²) in [5, 5.41) is 2.82. The number of rotatable bonds is 4. The van der Waals surface area contributed by atoms with Crippen LogP contribution in [0.2, 0.25) is 0 Å². The average Bonchev–Trinajstić information content (AvgIpc) is 2.85. The molecule has 1 aliphatic heterocycles. The summed E-state index contributed by atoms with van der Waals surface area (Å²) in [4.78, 5) is 12.1. The fourth-order valence-electron chi connectivity index (χ4n) is 1.97. The molecule has 0 aliphatic carbocycles. The third-order valence-electron chi connectivity index (χ3n) is 3.25. The van der Waals surface area contributed by atoms with E-state index in [1.807, 2.05) is 22.6 Å². The Balaban J connectivity index is 2.01. The zero-order chi connectivity index (χ0) is 13.9. The molecule has 0 aromatic heterocycles. The normalized spacial score (nSPS) is 22.5. The van der Waals surface area contributed by atoms with Gasteiger partial charge in [0, 0.05) is 30.3 Å². The van der Waals surface area contributed by atoms with Gasteiger partial charge in [-0.25, -0.2) is 4.39 Å². The van der Waals surface area contributed by atoms with Gasteiger partial charge in [0.15, 0.2) is 0 Å². The van der Waals surface area contributed by atoms with Crippen molar-refractivity contribution in [1.29, 1.82) is 0 Å². The zero-order valence-electron chi connectivity index (χ0n) is 10.5. The molecular formula is C13H15FINO3. The molecule has 1 aromatic rings. The number of carbonyl (C=O) groups excluding carboxylic acids is 1. The van der Waals surface area contributed by atoms with Gasteiger partial charge < -0.3 is 14.8 Å². The Morgan fingerprint density at radius 2 is 2.42 bits per heavy atom. The molecule has 0 spiro atoms. The number of methoxy groups -OCH3 is 1. The summed E-state index contributed by atoms with van der Waals surface area (Å²) in [5.74, 6) is -0.578. The smallest absolute Gasteiger partial charge is 0.252 e. The van der Waals surface area contributed by atoms with Crippen LogP contribution in [0.4, 0.5) is 4.39 Å². The minimum absolute atomic E-state index is 0.229. The van der Waals surface area contributed by atoms with E-state index in [0.717, 1.165) is 6.42 Å². The highest BCUT2D eigenvalue weighted by atomic mass is 127. The molecule has 1 fully saturated rings. The van der Waals surface area contributed by atoms with E-state index in [1.165, 1.54) is 18.2 Å². The number of amides is 1. The van der Waals surface area contributed by atoms with Crippen molar-refractivity contribution in [3.05, 3.63) is 33.1 Å². The van der Waals surface area contributed by atoms with Crippen molar-refractivity contribution in [1.82, 2.24) is 5.32 Å². The molecule has 0 bridgehead atoms. The summed E-state index contributed by atoms with van der Waals surface area (Å²) < 4.78 is 24.3. The third-order valence-corrected chi connectivity index (χ3v) is 4.14. The lowest BCUT2D eigenvalue weighted by molar-refractivity contribution is -0.0148. The Bertz CT molecular complexity index is 475. The third kappa shape index (κ3) is 3.43. The van der Waals surface area contributed by atoms with Gasteiger partial charge in [-0.15, -0.1) is 0 Å². The summed E-state index contributed by atoms with van der Waals surface area (Å²) in [6, 6.07) is 4.10. The van der Waals surface area contributed by atoms with Crippen molar-refractivity contribution in [2.75, 3.05) is 26.9 Å². The van der Waals surface area contributed by atoms with Crippen molar-refractivity contribution in [3.8, 4) is 0 Å². The van der Waals surface area contributed by atoms with Gasteiger partial charge in [0.25, 0.3) is 5.91 Å². The van der Waals surface area contributed by atoms with Crippen molar-refractivity contribution >= 4 is 28.5 Å². The molecule has 2 rings (SSSR count). The molecule has 0 radical (unpaired) electrons. The van der Waals surface area contributed by atoms with Crippen LogP contribution in [0.3, 0.4) is 0 Å². The molecule has 1 N–H and O–H groups in total. The van der Waals surface area contributed by atoms with E-state index in [-0.39, 0.29) is 11.7 Å². The fourth-order valence-corrected chi connectivity index (χ4v) is 2.69. The van der Waals surface area contributed by atoms with E-state index in [9.17, 15) is 9.18 Å². The molecule has 1 unspecified atom stereocenters. The first kappa shape index (κ1) is 14.7. The van der Waals surface area contributed by atoms with Crippen LogP contribution in [0.1, 0.15) is 16.8 Å². The Morgan fingerprint density at radius 3 is 3.00 bits per heavy atom. The van der Waals surface area contributed by atoms with E-state index in [2.05, 4.69) is 5.32 Å². The molecule has 1 amide bonds. The molecule has 6 heteroatoms. The lowest BCUT2D eigenvalue weighted by Gasteiger charge is -2.25. The number of halogens is 2. The molecule has 1 aliphatic rings. The van der Waals surface area contributed by atoms with Crippen LogP contribution in [-0.2, 0) is 9.47 Å². The largest absolute Gasteiger partial charge is 0.378 e. The lowest BCUT2D eigenvalue weighted by atomic mass is 10.0. The van der Waals surface area contributed by atoms with Crippen LogP contribution in [0.25, 0.3) is 0 Å². The topological polar surface area (TPSA) is 47.6 Å². The Hall–Kier alpha value is -0.730. The highest BCUT2D eigenvalue weighted by Crippen LogP contribution is 2.22. The van der Waals surface area contributed by atoms with Gasteiger partial charge >= 0.3 is 0 Å². The summed E-state index contributed by atoms with van der Waals surface area (Å²) >= 11 is 1.95. The first-order valence-electron chi connectivity index (χ1n) is 5.92. The van der Waals surface area contributed by atoms with E-state index in [0.29, 0.717) is 28.9 Å². The van der Waals surface area contributed by atoms with Gasteiger partial charge in [0.1, 0.15) is 11.4 Å². The van der Waals surface area contributed by atoms with Gasteiger partial charge in [-0.3, -0.25) is 4.79 Å². The average molecular weight is 379 g/mol. The number of ether oxygens (including phenoxy) is 2. The van der Waals surface area contributed by atoms with Gasteiger partial charge in [-0.05, 0) is 40.8 Å². The second-order valence-electron chi connectivity index (χ2n) is 4.50. The Kier molecular flexibility index (Phi) is 4.75. The van der Waals surface area contributed by atoms with Crippen molar-refractivity contribution < 1.29 is 18.7 Å². The van der Waals surface area contributed by atoms with E-state index >= 15 is 0 Å². The second-order valence-corrected chi connectivity index (χ2v) is 5.66. The second kappa shape index (κ2) is 6.15. The van der Waals surface area contributed by atoms with Crippen LogP contribution in [0.5, 0.6) is 0 Å². The molecule has 1 atom stereocenters. The molecule has 0 saturated carbocycles. The first-order chi connectivity index (χ1) is 9.06. The van der Waals surface area contributed by atoms with Gasteiger partial charge in [-0.1, -0.05) is 0 Å². The van der Waals surface area contributed by atoms with Crippen molar-refractivity contribution in [2.45, 2.75) is 12.0 Å². The maximum atomic E-state index is 13.0.